The fourth-order valence-corrected chi connectivity index (χ4v) is 0.145. The summed E-state index contributed by atoms with van der Waals surface area (Å²) in [4.78, 5) is 10.9. The number of hydrogen-bond acceptors (Lipinski definition) is 2. The topological polar surface area (TPSA) is 26.3 Å². The van der Waals surface area contributed by atoms with Crippen LogP contribution >= 0.6 is 0 Å². The summed E-state index contributed by atoms with van der Waals surface area (Å²) in [7, 11) is 0. The van der Waals surface area contributed by atoms with Gasteiger partial charge in [-0.3, -0.25) is 0 Å². The van der Waals surface area contributed by atoms with Crippen LogP contribution in [0.15, 0.2) is 12.4 Å². The van der Waals surface area contributed by atoms with E-state index < -0.39 is 38.1 Å². The van der Waals surface area contributed by atoms with E-state index in [1.807, 2.05) is 0 Å². The standard InChI is InChI=1S/C6H9FO2/c1-4(2)9-6(8)5(3)7/h4H,3H2,1-2H3/i1D2,2D3,3D2,4D. The lowest BCUT2D eigenvalue weighted by molar-refractivity contribution is -0.144. The first-order valence-corrected chi connectivity index (χ1v) is 1.84. The molecule has 0 rings (SSSR count). The van der Waals surface area contributed by atoms with Gasteiger partial charge >= 0.3 is 5.97 Å². The summed E-state index contributed by atoms with van der Waals surface area (Å²) in [5, 5.41) is 0. The fraction of sp³-hybridized carbons (Fsp3) is 0.500. The Morgan fingerprint density at radius 1 is 2.22 bits per heavy atom. The monoisotopic (exact) mass is 140 g/mol. The van der Waals surface area contributed by atoms with Gasteiger partial charge in [-0.1, -0.05) is 6.53 Å². The predicted octanol–water partition coefficient (Wildman–Crippen LogP) is 1.42. The number of esters is 1. The summed E-state index contributed by atoms with van der Waals surface area (Å²) in [5.41, 5.74) is 0. The Balaban J connectivity index is 5.20. The molecule has 3 heteroatoms. The van der Waals surface area contributed by atoms with Gasteiger partial charge in [0.05, 0.1) is 10.2 Å². The summed E-state index contributed by atoms with van der Waals surface area (Å²) in [6.07, 6.45) is -3.28. The SMILES string of the molecule is [2H]C([2H])=C(F)C(=O)OC([2H])(C([2H])[2H])C([2H])([2H])[2H]. The van der Waals surface area contributed by atoms with Crippen LogP contribution < -0.4 is 0 Å². The summed E-state index contributed by atoms with van der Waals surface area (Å²) in [5.74, 6) is -4.02. The second-order valence-electron chi connectivity index (χ2n) is 1.07. The Morgan fingerprint density at radius 3 is 3.44 bits per heavy atom. The molecule has 0 aliphatic heterocycles. The molecule has 0 saturated heterocycles. The highest BCUT2D eigenvalue weighted by atomic mass is 19.1. The first-order valence-electron chi connectivity index (χ1n) is 5.99. The van der Waals surface area contributed by atoms with Gasteiger partial charge in [-0.05, 0) is 13.7 Å². The molecule has 0 spiro atoms. The van der Waals surface area contributed by atoms with E-state index in [2.05, 4.69) is 4.74 Å². The Hall–Kier alpha value is -0.860. The molecule has 9 heavy (non-hydrogen) atoms. The van der Waals surface area contributed by atoms with E-state index in [4.69, 9.17) is 11.0 Å². The zero-order valence-corrected chi connectivity index (χ0v) is 4.27. The Morgan fingerprint density at radius 2 is 3.00 bits per heavy atom. The van der Waals surface area contributed by atoms with Gasteiger partial charge in [0, 0.05) is 6.85 Å². The van der Waals surface area contributed by atoms with Gasteiger partial charge in [0.1, 0.15) is 0 Å². The molecular weight excluding hydrogens is 123 g/mol. The van der Waals surface area contributed by atoms with Crippen LogP contribution in [0.4, 0.5) is 4.39 Å². The van der Waals surface area contributed by atoms with Crippen LogP contribution in [-0.2, 0) is 9.53 Å². The second kappa shape index (κ2) is 3.22. The maximum Gasteiger partial charge on any atom is 0.366 e. The number of carbonyl (C=O) groups is 1. The molecular formula is C6H9FO2. The predicted molar refractivity (Wildman–Crippen MR) is 31.5 cm³/mol. The van der Waals surface area contributed by atoms with Crippen LogP contribution in [0.25, 0.3) is 0 Å². The van der Waals surface area contributed by atoms with Gasteiger partial charge in [0.15, 0.2) is 0 Å². The van der Waals surface area contributed by atoms with Gasteiger partial charge in [0.2, 0.25) is 5.83 Å². The van der Waals surface area contributed by atoms with Crippen molar-refractivity contribution >= 4 is 5.97 Å². The Bertz CT molecular complexity index is 333. The van der Waals surface area contributed by atoms with Crippen molar-refractivity contribution in [2.24, 2.45) is 0 Å². The van der Waals surface area contributed by atoms with Crippen molar-refractivity contribution < 1.29 is 24.9 Å². The van der Waals surface area contributed by atoms with Crippen LogP contribution in [0.3, 0.4) is 0 Å². The van der Waals surface area contributed by atoms with Gasteiger partial charge in [0.25, 0.3) is 0 Å². The molecule has 0 saturated carbocycles. The second-order valence-corrected chi connectivity index (χ2v) is 1.07. The van der Waals surface area contributed by atoms with E-state index in [0.717, 1.165) is 0 Å². The zero-order chi connectivity index (χ0) is 14.0. The molecule has 0 bridgehead atoms. The van der Waals surface area contributed by atoms with Gasteiger partial charge in [-0.25, -0.2) is 4.79 Å². The first-order chi connectivity index (χ1) is 7.43. The maximum absolute atomic E-state index is 12.7. The smallest absolute Gasteiger partial charge is 0.366 e. The van der Waals surface area contributed by atoms with E-state index in [9.17, 15) is 9.18 Å². The Labute approximate surface area is 64.6 Å². The fourth-order valence-electron chi connectivity index (χ4n) is 0.145. The number of hydrogen-bond donors (Lipinski definition) is 0. The molecule has 0 fully saturated rings. The van der Waals surface area contributed by atoms with E-state index in [-0.39, 0.29) is 0 Å². The molecule has 2 nitrogen and oxygen atoms in total. The molecule has 0 aromatic heterocycles. The maximum atomic E-state index is 12.7. The summed E-state index contributed by atoms with van der Waals surface area (Å²) in [6.45, 7) is -7.29. The highest BCUT2D eigenvalue weighted by Crippen LogP contribution is 1.98. The van der Waals surface area contributed by atoms with Crippen molar-refractivity contribution in [1.29, 1.82) is 0 Å². The van der Waals surface area contributed by atoms with Crippen molar-refractivity contribution in [3.05, 3.63) is 12.4 Å². The number of ether oxygens (including phenoxy) is 1. The van der Waals surface area contributed by atoms with Gasteiger partial charge < -0.3 is 4.74 Å². The van der Waals surface area contributed by atoms with Crippen molar-refractivity contribution in [3.63, 3.8) is 0 Å². The number of halogens is 1. The zero-order valence-electron chi connectivity index (χ0n) is 12.3. The van der Waals surface area contributed by atoms with E-state index in [1.54, 1.807) is 0 Å². The van der Waals surface area contributed by atoms with Crippen molar-refractivity contribution in [2.45, 2.75) is 19.8 Å². The third-order valence-electron chi connectivity index (χ3n) is 0.382. The van der Waals surface area contributed by atoms with Crippen molar-refractivity contribution in [3.8, 4) is 0 Å². The van der Waals surface area contributed by atoms with Crippen molar-refractivity contribution in [2.75, 3.05) is 0 Å². The van der Waals surface area contributed by atoms with Crippen LogP contribution in [0.1, 0.15) is 24.7 Å². The molecule has 0 heterocycles. The summed E-state index contributed by atoms with van der Waals surface area (Å²) >= 11 is 0. The van der Waals surface area contributed by atoms with E-state index in [1.165, 1.54) is 0 Å². The average molecular weight is 140 g/mol. The minimum absolute atomic E-state index is 1.55. The molecule has 1 unspecified atom stereocenters. The largest absolute Gasteiger partial charge is 0.458 e. The van der Waals surface area contributed by atoms with E-state index >= 15 is 0 Å². The third kappa shape index (κ3) is 3.70. The number of carbonyl (C=O) groups excluding carboxylic acids is 1. The van der Waals surface area contributed by atoms with Gasteiger partial charge in [-0.2, -0.15) is 4.39 Å². The lowest BCUT2D eigenvalue weighted by Gasteiger charge is -2.04. The minimum atomic E-state index is -3.33. The van der Waals surface area contributed by atoms with Gasteiger partial charge in [-0.15, -0.1) is 0 Å². The third-order valence-corrected chi connectivity index (χ3v) is 0.382. The molecule has 0 N–H and O–H groups in total. The Kier molecular flexibility index (Phi) is 0.648. The summed E-state index contributed by atoms with van der Waals surface area (Å²) < 4.78 is 71.0. The molecule has 0 aromatic carbocycles. The van der Waals surface area contributed by atoms with Crippen LogP contribution in [-0.4, -0.2) is 12.0 Å². The van der Waals surface area contributed by atoms with Crippen molar-refractivity contribution in [1.82, 2.24) is 0 Å². The molecule has 0 aliphatic carbocycles. The highest BCUT2D eigenvalue weighted by molar-refractivity contribution is 5.85. The lowest BCUT2D eigenvalue weighted by atomic mass is 10.5. The number of rotatable bonds is 2. The minimum Gasteiger partial charge on any atom is -0.458 e. The molecule has 1 atom stereocenters. The van der Waals surface area contributed by atoms with E-state index in [0.29, 0.717) is 0 Å². The molecule has 0 aliphatic rings. The lowest BCUT2D eigenvalue weighted by Crippen LogP contribution is -2.10. The van der Waals surface area contributed by atoms with Crippen LogP contribution in [0.5, 0.6) is 0 Å². The molecule has 0 aromatic rings. The molecule has 52 valence electrons. The van der Waals surface area contributed by atoms with Crippen LogP contribution in [0, 0.1) is 0 Å². The average Bonchev–Trinajstić information content (AvgIpc) is 2.13. The normalized spacial score (nSPS) is 30.0. The van der Waals surface area contributed by atoms with Crippen LogP contribution in [0.2, 0.25) is 0 Å². The first kappa shape index (κ1) is 1.81. The highest BCUT2D eigenvalue weighted by Gasteiger charge is 2.07. The quantitative estimate of drug-likeness (QED) is 0.428. The molecule has 0 radical (unpaired) electrons. The summed E-state index contributed by atoms with van der Waals surface area (Å²) in [6, 6.07) is 0. The molecule has 0 amide bonds.